The Kier molecular flexibility index (Phi) is 5.32. The Morgan fingerprint density at radius 1 is 1.33 bits per heavy atom. The second-order valence-corrected chi connectivity index (χ2v) is 4.34. The van der Waals surface area contributed by atoms with Gasteiger partial charge in [-0.05, 0) is 31.8 Å². The first kappa shape index (κ1) is 14.2. The maximum Gasteiger partial charge on any atom is 0.335 e. The SMILES string of the molecule is CN(C)CCC(=O)NCc1cccc(C(=O)O)c1. The summed E-state index contributed by atoms with van der Waals surface area (Å²) in [5.74, 6) is -1.000. The van der Waals surface area contributed by atoms with Crippen LogP contribution in [0.25, 0.3) is 0 Å². The summed E-state index contributed by atoms with van der Waals surface area (Å²) in [5.41, 5.74) is 1.02. The van der Waals surface area contributed by atoms with Crippen molar-refractivity contribution in [3.05, 3.63) is 35.4 Å². The highest BCUT2D eigenvalue weighted by atomic mass is 16.4. The van der Waals surface area contributed by atoms with Gasteiger partial charge >= 0.3 is 5.97 Å². The number of nitrogens with one attached hydrogen (secondary N) is 1. The van der Waals surface area contributed by atoms with E-state index < -0.39 is 5.97 Å². The number of rotatable bonds is 6. The molecule has 0 aliphatic carbocycles. The van der Waals surface area contributed by atoms with Gasteiger partial charge in [-0.25, -0.2) is 4.79 Å². The summed E-state index contributed by atoms with van der Waals surface area (Å²) < 4.78 is 0. The predicted octanol–water partition coefficient (Wildman–Crippen LogP) is 0.953. The van der Waals surface area contributed by atoms with Crippen LogP contribution in [-0.2, 0) is 11.3 Å². The molecule has 0 aliphatic rings. The number of benzene rings is 1. The smallest absolute Gasteiger partial charge is 0.335 e. The number of carbonyl (C=O) groups excluding carboxylic acids is 1. The third kappa shape index (κ3) is 4.97. The number of amides is 1. The van der Waals surface area contributed by atoms with Gasteiger partial charge in [-0.1, -0.05) is 12.1 Å². The Hall–Kier alpha value is -1.88. The molecule has 5 heteroatoms. The summed E-state index contributed by atoms with van der Waals surface area (Å²) in [4.78, 5) is 24.2. The molecule has 0 unspecified atom stereocenters. The van der Waals surface area contributed by atoms with Crippen molar-refractivity contribution in [2.75, 3.05) is 20.6 Å². The third-order valence-electron chi connectivity index (χ3n) is 2.45. The van der Waals surface area contributed by atoms with Gasteiger partial charge < -0.3 is 15.3 Å². The molecular formula is C13H18N2O3. The Morgan fingerprint density at radius 2 is 2.06 bits per heavy atom. The lowest BCUT2D eigenvalue weighted by atomic mass is 10.1. The fraction of sp³-hybridized carbons (Fsp3) is 0.385. The fourth-order valence-corrected chi connectivity index (χ4v) is 1.43. The average molecular weight is 250 g/mol. The number of carboxylic acids is 1. The van der Waals surface area contributed by atoms with E-state index >= 15 is 0 Å². The third-order valence-corrected chi connectivity index (χ3v) is 2.45. The molecule has 1 aromatic carbocycles. The lowest BCUT2D eigenvalue weighted by Gasteiger charge is -2.09. The summed E-state index contributed by atoms with van der Waals surface area (Å²) in [6, 6.07) is 6.55. The van der Waals surface area contributed by atoms with Crippen LogP contribution in [0.15, 0.2) is 24.3 Å². The molecule has 0 saturated carbocycles. The summed E-state index contributed by atoms with van der Waals surface area (Å²) in [5, 5.41) is 11.6. The minimum absolute atomic E-state index is 0.0376. The molecular weight excluding hydrogens is 232 g/mol. The van der Waals surface area contributed by atoms with E-state index in [1.165, 1.54) is 6.07 Å². The van der Waals surface area contributed by atoms with Crippen LogP contribution in [0.3, 0.4) is 0 Å². The molecule has 5 nitrogen and oxygen atoms in total. The van der Waals surface area contributed by atoms with Crippen molar-refractivity contribution in [2.45, 2.75) is 13.0 Å². The summed E-state index contributed by atoms with van der Waals surface area (Å²) in [6.07, 6.45) is 0.436. The summed E-state index contributed by atoms with van der Waals surface area (Å²) in [6.45, 7) is 1.05. The van der Waals surface area contributed by atoms with E-state index in [9.17, 15) is 9.59 Å². The quantitative estimate of drug-likeness (QED) is 0.788. The topological polar surface area (TPSA) is 69.6 Å². The van der Waals surface area contributed by atoms with E-state index in [4.69, 9.17) is 5.11 Å². The minimum Gasteiger partial charge on any atom is -0.478 e. The number of nitrogens with zero attached hydrogens (tertiary/aromatic N) is 1. The van der Waals surface area contributed by atoms with E-state index in [1.807, 2.05) is 19.0 Å². The van der Waals surface area contributed by atoms with Crippen LogP contribution in [0.1, 0.15) is 22.3 Å². The first-order chi connectivity index (χ1) is 8.49. The van der Waals surface area contributed by atoms with E-state index in [0.717, 1.165) is 5.56 Å². The number of hydrogen-bond acceptors (Lipinski definition) is 3. The van der Waals surface area contributed by atoms with Gasteiger partial charge in [0.05, 0.1) is 5.56 Å². The van der Waals surface area contributed by atoms with Gasteiger partial charge in [-0.3, -0.25) is 4.79 Å². The Bertz CT molecular complexity index is 430. The zero-order valence-corrected chi connectivity index (χ0v) is 10.6. The molecule has 1 amide bonds. The molecule has 98 valence electrons. The zero-order valence-electron chi connectivity index (χ0n) is 10.6. The molecule has 0 aromatic heterocycles. The van der Waals surface area contributed by atoms with Gasteiger partial charge in [0.25, 0.3) is 0 Å². The second-order valence-electron chi connectivity index (χ2n) is 4.34. The number of carboxylic acid groups (broad SMARTS) is 1. The monoisotopic (exact) mass is 250 g/mol. The molecule has 0 radical (unpaired) electrons. The normalized spacial score (nSPS) is 10.4. The van der Waals surface area contributed by atoms with E-state index in [2.05, 4.69) is 5.32 Å². The van der Waals surface area contributed by atoms with Gasteiger partial charge in [0.1, 0.15) is 0 Å². The summed E-state index contributed by atoms with van der Waals surface area (Å²) in [7, 11) is 3.81. The van der Waals surface area contributed by atoms with Crippen LogP contribution in [0.2, 0.25) is 0 Å². The first-order valence-corrected chi connectivity index (χ1v) is 5.72. The maximum absolute atomic E-state index is 11.5. The highest BCUT2D eigenvalue weighted by Gasteiger charge is 2.05. The lowest BCUT2D eigenvalue weighted by Crippen LogP contribution is -2.26. The number of hydrogen-bond donors (Lipinski definition) is 2. The molecule has 0 saturated heterocycles. The van der Waals surface area contributed by atoms with Crippen LogP contribution >= 0.6 is 0 Å². The van der Waals surface area contributed by atoms with Crippen molar-refractivity contribution in [1.82, 2.24) is 10.2 Å². The van der Waals surface area contributed by atoms with Gasteiger partial charge in [0.15, 0.2) is 0 Å². The van der Waals surface area contributed by atoms with Crippen molar-refractivity contribution in [3.63, 3.8) is 0 Å². The number of aromatic carboxylic acids is 1. The van der Waals surface area contributed by atoms with Gasteiger partial charge in [-0.2, -0.15) is 0 Å². The van der Waals surface area contributed by atoms with Gasteiger partial charge in [0.2, 0.25) is 5.91 Å². The molecule has 18 heavy (non-hydrogen) atoms. The minimum atomic E-state index is -0.962. The molecule has 1 rings (SSSR count). The van der Waals surface area contributed by atoms with Crippen molar-refractivity contribution in [1.29, 1.82) is 0 Å². The van der Waals surface area contributed by atoms with Crippen LogP contribution in [0.5, 0.6) is 0 Å². The highest BCUT2D eigenvalue weighted by molar-refractivity contribution is 5.87. The Balaban J connectivity index is 2.46. The standard InChI is InChI=1S/C13H18N2O3/c1-15(2)7-6-12(16)14-9-10-4-3-5-11(8-10)13(17)18/h3-5,8H,6-7,9H2,1-2H3,(H,14,16)(H,17,18). The van der Waals surface area contributed by atoms with Crippen molar-refractivity contribution >= 4 is 11.9 Å². The van der Waals surface area contributed by atoms with Crippen LogP contribution in [0, 0.1) is 0 Å². The molecule has 0 atom stereocenters. The van der Waals surface area contributed by atoms with Crippen LogP contribution in [-0.4, -0.2) is 42.5 Å². The van der Waals surface area contributed by atoms with E-state index in [1.54, 1.807) is 18.2 Å². The molecule has 0 spiro atoms. The van der Waals surface area contributed by atoms with Gasteiger partial charge in [-0.15, -0.1) is 0 Å². The van der Waals surface area contributed by atoms with Crippen molar-refractivity contribution in [2.24, 2.45) is 0 Å². The molecule has 0 fully saturated rings. The zero-order chi connectivity index (χ0) is 13.5. The predicted molar refractivity (Wildman–Crippen MR) is 68.4 cm³/mol. The largest absolute Gasteiger partial charge is 0.478 e. The average Bonchev–Trinajstić information content (AvgIpc) is 2.34. The second kappa shape index (κ2) is 6.76. The molecule has 1 aromatic rings. The Labute approximate surface area is 106 Å². The molecule has 0 bridgehead atoms. The fourth-order valence-electron chi connectivity index (χ4n) is 1.43. The van der Waals surface area contributed by atoms with E-state index in [0.29, 0.717) is 19.5 Å². The van der Waals surface area contributed by atoms with Crippen LogP contribution in [0.4, 0.5) is 0 Å². The molecule has 0 aliphatic heterocycles. The summed E-state index contributed by atoms with van der Waals surface area (Å²) >= 11 is 0. The Morgan fingerprint density at radius 3 is 2.67 bits per heavy atom. The first-order valence-electron chi connectivity index (χ1n) is 5.72. The highest BCUT2D eigenvalue weighted by Crippen LogP contribution is 2.05. The van der Waals surface area contributed by atoms with Crippen LogP contribution < -0.4 is 5.32 Å². The molecule has 0 heterocycles. The van der Waals surface area contributed by atoms with Crippen molar-refractivity contribution < 1.29 is 14.7 Å². The van der Waals surface area contributed by atoms with E-state index in [-0.39, 0.29) is 11.5 Å². The molecule has 2 N–H and O–H groups in total. The maximum atomic E-state index is 11.5. The lowest BCUT2D eigenvalue weighted by molar-refractivity contribution is -0.121. The van der Waals surface area contributed by atoms with Gasteiger partial charge in [0, 0.05) is 19.5 Å². The van der Waals surface area contributed by atoms with Crippen molar-refractivity contribution in [3.8, 4) is 0 Å². The number of carbonyl (C=O) groups is 2.